The minimum absolute atomic E-state index is 0.0666. The highest BCUT2D eigenvalue weighted by Gasteiger charge is 2.35. The van der Waals surface area contributed by atoms with Gasteiger partial charge in [-0.15, -0.1) is 5.10 Å². The summed E-state index contributed by atoms with van der Waals surface area (Å²) in [5, 5.41) is 4.33. The highest BCUT2D eigenvalue weighted by molar-refractivity contribution is 5.53. The highest BCUT2D eigenvalue weighted by Crippen LogP contribution is 2.30. The van der Waals surface area contributed by atoms with Crippen LogP contribution in [0.2, 0.25) is 0 Å². The lowest BCUT2D eigenvalue weighted by atomic mass is 9.91. The van der Waals surface area contributed by atoms with Crippen LogP contribution in [0, 0.1) is 5.92 Å². The van der Waals surface area contributed by atoms with Crippen molar-refractivity contribution in [2.45, 2.75) is 25.1 Å². The predicted molar refractivity (Wildman–Crippen MR) is 124 cm³/mol. The molecule has 2 aliphatic heterocycles. The third-order valence-electron chi connectivity index (χ3n) is 6.65. The number of halogens is 3. The van der Waals surface area contributed by atoms with Crippen LogP contribution in [0.4, 0.5) is 25.1 Å². The Morgan fingerprint density at radius 3 is 2.81 bits per heavy atom. The van der Waals surface area contributed by atoms with E-state index < -0.39 is 11.9 Å². The number of furan rings is 1. The lowest BCUT2D eigenvalue weighted by Crippen LogP contribution is -2.57. The van der Waals surface area contributed by atoms with Crippen molar-refractivity contribution in [2.24, 2.45) is 5.92 Å². The summed E-state index contributed by atoms with van der Waals surface area (Å²) in [6, 6.07) is 4.63. The Morgan fingerprint density at radius 1 is 1.11 bits per heavy atom. The third-order valence-corrected chi connectivity index (χ3v) is 6.65. The first-order valence-corrected chi connectivity index (χ1v) is 11.8. The Hall–Kier alpha value is -4.01. The first kappa shape index (κ1) is 23.4. The van der Waals surface area contributed by atoms with Crippen molar-refractivity contribution in [3.63, 3.8) is 0 Å². The summed E-state index contributed by atoms with van der Waals surface area (Å²) in [5.74, 6) is 2.04. The molecule has 15 heteroatoms. The lowest BCUT2D eigenvalue weighted by molar-refractivity contribution is -0.141. The Kier molecular flexibility index (Phi) is 5.78. The van der Waals surface area contributed by atoms with Crippen molar-refractivity contribution >= 4 is 17.7 Å². The number of aromatic nitrogens is 7. The van der Waals surface area contributed by atoms with Crippen LogP contribution in [-0.2, 0) is 6.18 Å². The van der Waals surface area contributed by atoms with Gasteiger partial charge in [-0.2, -0.15) is 32.6 Å². The molecule has 6 rings (SSSR count). The second-order valence-corrected chi connectivity index (χ2v) is 9.09. The van der Waals surface area contributed by atoms with Gasteiger partial charge in [-0.1, -0.05) is 0 Å². The van der Waals surface area contributed by atoms with Gasteiger partial charge in [0.15, 0.2) is 11.5 Å². The maximum Gasteiger partial charge on any atom is 0.433 e. The molecule has 194 valence electrons. The van der Waals surface area contributed by atoms with Crippen molar-refractivity contribution in [1.82, 2.24) is 39.4 Å². The van der Waals surface area contributed by atoms with E-state index in [1.165, 1.54) is 4.52 Å². The molecule has 0 spiro atoms. The quantitative estimate of drug-likeness (QED) is 0.418. The van der Waals surface area contributed by atoms with Crippen LogP contribution in [0.5, 0.6) is 5.88 Å². The molecular weight excluding hydrogens is 493 g/mol. The largest absolute Gasteiger partial charge is 0.477 e. The van der Waals surface area contributed by atoms with E-state index in [4.69, 9.17) is 14.9 Å². The number of hydrogen-bond acceptors (Lipinski definition) is 11. The molecule has 12 nitrogen and oxygen atoms in total. The summed E-state index contributed by atoms with van der Waals surface area (Å²) < 4.78 is 51.0. The molecule has 2 N–H and O–H groups in total. The predicted octanol–water partition coefficient (Wildman–Crippen LogP) is 2.15. The Bertz CT molecular complexity index is 1390. The maximum atomic E-state index is 12.9. The SMILES string of the molecule is Nc1nc(N2CCN3CC(COc4cc(C(F)(F)F)ncn4)CCC3C2)nc2nc(-c3ccco3)nn12. The van der Waals surface area contributed by atoms with Gasteiger partial charge in [0.1, 0.15) is 6.33 Å². The third kappa shape index (κ3) is 4.73. The van der Waals surface area contributed by atoms with E-state index in [1.807, 2.05) is 0 Å². The van der Waals surface area contributed by atoms with Gasteiger partial charge >= 0.3 is 6.18 Å². The van der Waals surface area contributed by atoms with E-state index in [1.54, 1.807) is 18.4 Å². The average molecular weight is 516 g/mol. The van der Waals surface area contributed by atoms with E-state index >= 15 is 0 Å². The van der Waals surface area contributed by atoms with E-state index in [2.05, 4.69) is 39.8 Å². The fourth-order valence-electron chi connectivity index (χ4n) is 4.80. The average Bonchev–Trinajstić information content (AvgIpc) is 3.57. The van der Waals surface area contributed by atoms with Crippen LogP contribution >= 0.6 is 0 Å². The van der Waals surface area contributed by atoms with Gasteiger partial charge in [-0.25, -0.2) is 9.97 Å². The van der Waals surface area contributed by atoms with E-state index in [9.17, 15) is 13.2 Å². The minimum Gasteiger partial charge on any atom is -0.477 e. The Labute approximate surface area is 208 Å². The summed E-state index contributed by atoms with van der Waals surface area (Å²) in [7, 11) is 0. The van der Waals surface area contributed by atoms with Gasteiger partial charge < -0.3 is 19.8 Å². The molecule has 0 amide bonds. The number of nitrogens with zero attached hydrogens (tertiary/aromatic N) is 9. The molecule has 0 aliphatic carbocycles. The molecule has 0 bridgehead atoms. The standard InChI is InChI=1S/C22H23F3N10O2/c23-22(24,25)16-8-17(28-12-27-16)37-11-13-3-4-14-10-34(6-5-33(14)9-13)20-30-19(26)35-21(31-20)29-18(32-35)15-2-1-7-36-15/h1-2,7-8,12-14H,3-6,9-11H2,(H2,26,29,30,31,32). The zero-order valence-corrected chi connectivity index (χ0v) is 19.5. The maximum absolute atomic E-state index is 12.9. The number of ether oxygens (including phenoxy) is 1. The molecule has 37 heavy (non-hydrogen) atoms. The topological polar surface area (TPSA) is 137 Å². The highest BCUT2D eigenvalue weighted by atomic mass is 19.4. The molecule has 4 aromatic rings. The Balaban J connectivity index is 1.08. The number of alkyl halides is 3. The molecule has 2 unspecified atom stereocenters. The molecule has 2 atom stereocenters. The van der Waals surface area contributed by atoms with E-state index in [-0.39, 0.29) is 17.7 Å². The van der Waals surface area contributed by atoms with Crippen molar-refractivity contribution in [3.05, 3.63) is 36.5 Å². The first-order chi connectivity index (χ1) is 17.8. The van der Waals surface area contributed by atoms with Crippen LogP contribution in [0.1, 0.15) is 18.5 Å². The zero-order chi connectivity index (χ0) is 25.6. The molecule has 6 heterocycles. The second-order valence-electron chi connectivity index (χ2n) is 9.09. The number of nitrogens with two attached hydrogens (primary N) is 1. The zero-order valence-electron chi connectivity index (χ0n) is 19.5. The van der Waals surface area contributed by atoms with Gasteiger partial charge in [0.05, 0.1) is 12.9 Å². The normalized spacial score (nSPS) is 20.8. The van der Waals surface area contributed by atoms with Crippen molar-refractivity contribution < 1.29 is 22.3 Å². The number of rotatable bonds is 5. The van der Waals surface area contributed by atoms with Crippen molar-refractivity contribution in [3.8, 4) is 17.5 Å². The minimum atomic E-state index is -4.53. The first-order valence-electron chi connectivity index (χ1n) is 11.8. The van der Waals surface area contributed by atoms with E-state index in [0.717, 1.165) is 44.9 Å². The van der Waals surface area contributed by atoms with Crippen molar-refractivity contribution in [1.29, 1.82) is 0 Å². The monoisotopic (exact) mass is 516 g/mol. The molecular formula is C22H23F3N10O2. The van der Waals surface area contributed by atoms with Gasteiger partial charge in [0.2, 0.25) is 23.6 Å². The van der Waals surface area contributed by atoms with Gasteiger partial charge in [0.25, 0.3) is 5.78 Å². The van der Waals surface area contributed by atoms with Crippen LogP contribution in [0.3, 0.4) is 0 Å². The number of fused-ring (bicyclic) bond motifs is 2. The smallest absolute Gasteiger partial charge is 0.433 e. The number of anilines is 2. The molecule has 0 saturated carbocycles. The van der Waals surface area contributed by atoms with Crippen LogP contribution in [0.25, 0.3) is 17.4 Å². The van der Waals surface area contributed by atoms with Gasteiger partial charge in [-0.05, 0) is 25.0 Å². The fraction of sp³-hybridized carbons (Fsp3) is 0.455. The molecule has 0 aromatic carbocycles. The van der Waals surface area contributed by atoms with Crippen LogP contribution < -0.4 is 15.4 Å². The molecule has 2 saturated heterocycles. The molecule has 0 radical (unpaired) electrons. The van der Waals surface area contributed by atoms with Crippen LogP contribution in [-0.4, -0.2) is 78.3 Å². The van der Waals surface area contributed by atoms with Gasteiger partial charge in [-0.3, -0.25) is 4.90 Å². The fourth-order valence-corrected chi connectivity index (χ4v) is 4.80. The molecule has 2 aliphatic rings. The lowest BCUT2D eigenvalue weighted by Gasteiger charge is -2.46. The summed E-state index contributed by atoms with van der Waals surface area (Å²) in [6.07, 6.45) is -0.328. The van der Waals surface area contributed by atoms with E-state index in [0.29, 0.717) is 42.5 Å². The van der Waals surface area contributed by atoms with Crippen LogP contribution in [0.15, 0.2) is 35.2 Å². The number of nitrogen functional groups attached to an aromatic ring is 1. The number of piperazine rings is 1. The molecule has 2 fully saturated rings. The summed E-state index contributed by atoms with van der Waals surface area (Å²) in [6.45, 7) is 3.28. The summed E-state index contributed by atoms with van der Waals surface area (Å²) in [5.41, 5.74) is 5.14. The number of piperidine rings is 1. The number of hydrogen-bond donors (Lipinski definition) is 1. The summed E-state index contributed by atoms with van der Waals surface area (Å²) >= 11 is 0. The Morgan fingerprint density at radius 2 is 2.00 bits per heavy atom. The van der Waals surface area contributed by atoms with Crippen molar-refractivity contribution in [2.75, 3.05) is 43.4 Å². The summed E-state index contributed by atoms with van der Waals surface area (Å²) in [4.78, 5) is 25.0. The van der Waals surface area contributed by atoms with Gasteiger partial charge in [0, 0.05) is 44.2 Å². The second kappa shape index (κ2) is 9.14. The molecule has 4 aromatic heterocycles.